The largest absolute Gasteiger partial charge is 0.619 e. The van der Waals surface area contributed by atoms with Crippen LogP contribution in [0.25, 0.3) is 0 Å². The molecule has 0 bridgehead atoms. The lowest BCUT2D eigenvalue weighted by Crippen LogP contribution is -2.41. The molecular formula is C30H28Cl2F2N2O9S2. The van der Waals surface area contributed by atoms with Gasteiger partial charge in [0.2, 0.25) is 10.0 Å². The normalized spacial score (nSPS) is 17.4. The molecule has 0 radical (unpaired) electrons. The minimum absolute atomic E-state index is 0.0164. The fourth-order valence-electron chi connectivity index (χ4n) is 4.84. The molecule has 0 spiro atoms. The first-order valence-electron chi connectivity index (χ1n) is 14.2. The van der Waals surface area contributed by atoms with E-state index in [1.54, 1.807) is 0 Å². The van der Waals surface area contributed by atoms with E-state index in [9.17, 15) is 32.0 Å². The number of aromatic nitrogens is 1. The lowest BCUT2D eigenvalue weighted by molar-refractivity contribution is -0.605. The van der Waals surface area contributed by atoms with Gasteiger partial charge in [0, 0.05) is 24.3 Å². The van der Waals surface area contributed by atoms with Crippen LogP contribution >= 0.6 is 35.0 Å². The van der Waals surface area contributed by atoms with E-state index in [-0.39, 0.29) is 74.4 Å². The predicted octanol–water partition coefficient (Wildman–Crippen LogP) is 5.39. The monoisotopic (exact) mass is 732 g/mol. The van der Waals surface area contributed by atoms with Crippen molar-refractivity contribution < 1.29 is 50.5 Å². The van der Waals surface area contributed by atoms with Crippen LogP contribution in [-0.2, 0) is 30.7 Å². The smallest absolute Gasteiger partial charge is 0.387 e. The second kappa shape index (κ2) is 14.8. The van der Waals surface area contributed by atoms with E-state index in [0.29, 0.717) is 4.73 Å². The van der Waals surface area contributed by atoms with E-state index in [1.807, 2.05) is 0 Å². The van der Waals surface area contributed by atoms with E-state index >= 15 is 0 Å². The average Bonchev–Trinajstić information content (AvgIpc) is 3.72. The highest BCUT2D eigenvalue weighted by molar-refractivity contribution is 8.02. The van der Waals surface area contributed by atoms with Crippen molar-refractivity contribution >= 4 is 56.9 Å². The highest BCUT2D eigenvalue weighted by Crippen LogP contribution is 2.39. The van der Waals surface area contributed by atoms with Gasteiger partial charge in [-0.15, -0.1) is 11.8 Å². The molecule has 1 aromatic heterocycles. The van der Waals surface area contributed by atoms with Crippen LogP contribution in [0.5, 0.6) is 11.5 Å². The molecule has 1 saturated carbocycles. The fourth-order valence-corrected chi connectivity index (χ4v) is 8.67. The highest BCUT2D eigenvalue weighted by atomic mass is 35.5. The van der Waals surface area contributed by atoms with Gasteiger partial charge in [0.05, 0.1) is 24.2 Å². The third-order valence-corrected chi connectivity index (χ3v) is 11.3. The van der Waals surface area contributed by atoms with Crippen LogP contribution in [0.15, 0.2) is 59.8 Å². The van der Waals surface area contributed by atoms with Crippen molar-refractivity contribution in [2.45, 2.75) is 42.2 Å². The van der Waals surface area contributed by atoms with Gasteiger partial charge >= 0.3 is 18.6 Å². The molecule has 0 amide bonds. The minimum atomic E-state index is -4.41. The Morgan fingerprint density at radius 3 is 2.47 bits per heavy atom. The number of halogens is 4. The zero-order valence-corrected chi connectivity index (χ0v) is 27.8. The van der Waals surface area contributed by atoms with Gasteiger partial charge in [-0.1, -0.05) is 41.4 Å². The summed E-state index contributed by atoms with van der Waals surface area (Å²) in [6.45, 7) is -2.94. The van der Waals surface area contributed by atoms with E-state index in [4.69, 9.17) is 37.4 Å². The highest BCUT2D eigenvalue weighted by Gasteiger charge is 2.43. The van der Waals surface area contributed by atoms with Crippen LogP contribution in [0.4, 0.5) is 8.78 Å². The number of methoxy groups -OCH3 is 1. The molecule has 2 fully saturated rings. The Labute approximate surface area is 283 Å². The summed E-state index contributed by atoms with van der Waals surface area (Å²) in [6, 6.07) is 9.48. The standard InChI is InChI=1S/C30H28Cl2F2N2O9S2/c1-42-28(37)19-4-2-3-5-26(19)47(40,41)36-10-11-46-27(36)29(38)44-24(13-20-21(31)14-35(39)15-22(20)32)18-8-9-23(45-30(33)34)25(12-18)43-16-17-6-7-17/h2-5,8-9,12,14-15,17,24,27,30H,6-7,10-11,13,16H2,1H3/t24-,27-/m0/s1. The van der Waals surface area contributed by atoms with Crippen LogP contribution in [0.3, 0.4) is 0 Å². The third kappa shape index (κ3) is 8.20. The maximum absolute atomic E-state index is 13.8. The number of pyridine rings is 1. The SMILES string of the molecule is COC(=O)c1ccccc1S(=O)(=O)N1CCS[C@H]1C(=O)O[C@@H](Cc1c(Cl)c[n+]([O-])cc1Cl)c1ccc(OC(F)F)c(OCC2CC2)c1. The number of nitrogens with zero attached hydrogens (tertiary/aromatic N) is 2. The van der Waals surface area contributed by atoms with Gasteiger partial charge in [0.25, 0.3) is 0 Å². The van der Waals surface area contributed by atoms with Crippen molar-refractivity contribution in [1.29, 1.82) is 0 Å². The van der Waals surface area contributed by atoms with Gasteiger partial charge in [-0.05, 0) is 48.6 Å². The zero-order valence-electron chi connectivity index (χ0n) is 24.6. The summed E-state index contributed by atoms with van der Waals surface area (Å²) in [5, 5.41) is 10.5. The summed E-state index contributed by atoms with van der Waals surface area (Å²) in [4.78, 5) is 25.8. The molecule has 2 atom stereocenters. The number of benzene rings is 2. The number of alkyl halides is 2. The molecule has 11 nitrogen and oxygen atoms in total. The lowest BCUT2D eigenvalue weighted by Gasteiger charge is -2.26. The van der Waals surface area contributed by atoms with Gasteiger partial charge in [0.15, 0.2) is 29.3 Å². The summed E-state index contributed by atoms with van der Waals surface area (Å²) < 4.78 is 76.4. The quantitative estimate of drug-likeness (QED) is 0.128. The second-order valence-corrected chi connectivity index (χ2v) is 14.4. The Morgan fingerprint density at radius 1 is 1.11 bits per heavy atom. The Balaban J connectivity index is 1.49. The molecule has 3 aromatic rings. The summed E-state index contributed by atoms with van der Waals surface area (Å²) >= 11 is 13.7. The number of carbonyl (C=O) groups is 2. The number of carbonyl (C=O) groups excluding carboxylic acids is 2. The summed E-state index contributed by atoms with van der Waals surface area (Å²) in [6.07, 6.45) is 2.58. The summed E-state index contributed by atoms with van der Waals surface area (Å²) in [7, 11) is -3.29. The first kappa shape index (κ1) is 35.0. The molecule has 1 aliphatic heterocycles. The van der Waals surface area contributed by atoms with E-state index < -0.39 is 40.1 Å². The second-order valence-electron chi connectivity index (χ2n) is 10.6. The van der Waals surface area contributed by atoms with Crippen molar-refractivity contribution in [1.82, 2.24) is 4.31 Å². The lowest BCUT2D eigenvalue weighted by atomic mass is 10.0. The number of sulfonamides is 1. The Morgan fingerprint density at radius 2 is 1.81 bits per heavy atom. The van der Waals surface area contributed by atoms with Crippen molar-refractivity contribution in [3.8, 4) is 11.5 Å². The number of hydrogen-bond acceptors (Lipinski definition) is 10. The van der Waals surface area contributed by atoms with Gasteiger partial charge in [0.1, 0.15) is 16.1 Å². The number of rotatable bonds is 13. The van der Waals surface area contributed by atoms with Gasteiger partial charge < -0.3 is 24.2 Å². The molecule has 2 aliphatic rings. The van der Waals surface area contributed by atoms with Crippen molar-refractivity contribution in [2.75, 3.05) is 26.0 Å². The third-order valence-electron chi connectivity index (χ3n) is 7.36. The molecule has 2 aromatic carbocycles. The molecule has 47 heavy (non-hydrogen) atoms. The number of esters is 2. The van der Waals surface area contributed by atoms with Crippen molar-refractivity contribution in [3.63, 3.8) is 0 Å². The molecule has 1 aliphatic carbocycles. The minimum Gasteiger partial charge on any atom is -0.619 e. The summed E-state index contributed by atoms with van der Waals surface area (Å²) in [5.74, 6) is -1.56. The molecular weight excluding hydrogens is 705 g/mol. The van der Waals surface area contributed by atoms with E-state index in [2.05, 4.69) is 4.74 Å². The molecule has 252 valence electrons. The summed E-state index contributed by atoms with van der Waals surface area (Å²) in [5.41, 5.74) is 0.304. The molecule has 17 heteroatoms. The van der Waals surface area contributed by atoms with Crippen LogP contribution in [-0.4, -0.2) is 62.7 Å². The molecule has 0 N–H and O–H groups in total. The maximum Gasteiger partial charge on any atom is 0.387 e. The van der Waals surface area contributed by atoms with Crippen molar-refractivity contribution in [2.24, 2.45) is 5.92 Å². The van der Waals surface area contributed by atoms with Crippen LogP contribution < -0.4 is 14.2 Å². The van der Waals surface area contributed by atoms with E-state index in [1.165, 1.54) is 42.5 Å². The maximum atomic E-state index is 13.8. The Hall–Kier alpha value is -3.37. The average molecular weight is 734 g/mol. The van der Waals surface area contributed by atoms with E-state index in [0.717, 1.165) is 48.4 Å². The fraction of sp³-hybridized carbons (Fsp3) is 0.367. The molecule has 1 saturated heterocycles. The topological polar surface area (TPSA) is 135 Å². The van der Waals surface area contributed by atoms with Crippen molar-refractivity contribution in [3.05, 3.63) is 86.8 Å². The zero-order chi connectivity index (χ0) is 33.9. The van der Waals surface area contributed by atoms with Crippen LogP contribution in [0, 0.1) is 11.1 Å². The van der Waals surface area contributed by atoms with Crippen LogP contribution in [0.2, 0.25) is 10.0 Å². The molecule has 2 heterocycles. The number of ether oxygens (including phenoxy) is 4. The predicted molar refractivity (Wildman–Crippen MR) is 167 cm³/mol. The first-order valence-corrected chi connectivity index (χ1v) is 17.4. The molecule has 0 unspecified atom stereocenters. The molecule has 5 rings (SSSR count). The Kier molecular flexibility index (Phi) is 11.0. The van der Waals surface area contributed by atoms with Crippen LogP contribution in [0.1, 0.15) is 40.4 Å². The number of thioether (sulfide) groups is 1. The number of hydrogen-bond donors (Lipinski definition) is 0. The van der Waals surface area contributed by atoms with Gasteiger partial charge in [-0.3, -0.25) is 0 Å². The van der Waals surface area contributed by atoms with Gasteiger partial charge in [-0.25, -0.2) is 18.0 Å². The van der Waals surface area contributed by atoms with Gasteiger partial charge in [-0.2, -0.15) is 17.8 Å². The first-order chi connectivity index (χ1) is 22.4. The Bertz CT molecular complexity index is 1740.